The molecule has 0 radical (unpaired) electrons. The fourth-order valence-corrected chi connectivity index (χ4v) is 9.03. The van der Waals surface area contributed by atoms with Crippen LogP contribution in [0.3, 0.4) is 0 Å². The number of benzene rings is 3. The van der Waals surface area contributed by atoms with Crippen LogP contribution in [0.5, 0.6) is 11.5 Å². The van der Waals surface area contributed by atoms with Crippen LogP contribution in [0.15, 0.2) is 71.6 Å². The Labute approximate surface area is 315 Å². The second-order valence-electron chi connectivity index (χ2n) is 9.36. The second-order valence-corrected chi connectivity index (χ2v) is 18.1. The maximum atomic E-state index is 12.2. The number of phosphoric ester groups is 1. The topological polar surface area (TPSA) is 237 Å². The summed E-state index contributed by atoms with van der Waals surface area (Å²) in [6.07, 6.45) is 0. The first-order chi connectivity index (χ1) is 24.9. The van der Waals surface area contributed by atoms with Gasteiger partial charge >= 0.3 is 21.3 Å². The highest BCUT2D eigenvalue weighted by atomic mass is 32.7. The summed E-state index contributed by atoms with van der Waals surface area (Å²) in [5.41, 5.74) is 0.425. The van der Waals surface area contributed by atoms with Crippen LogP contribution in [-0.4, -0.2) is 55.4 Å². The van der Waals surface area contributed by atoms with Crippen molar-refractivity contribution < 1.29 is 60.1 Å². The molecule has 0 aromatic heterocycles. The van der Waals surface area contributed by atoms with Crippen molar-refractivity contribution in [2.24, 2.45) is 0 Å². The first-order valence-corrected chi connectivity index (χ1v) is 22.2. The van der Waals surface area contributed by atoms with E-state index in [-0.39, 0.29) is 49.2 Å². The second kappa shape index (κ2) is 23.5. The maximum absolute atomic E-state index is 12.2. The number of phosphoric acid groups is 1. The van der Waals surface area contributed by atoms with Gasteiger partial charge in [0.2, 0.25) is 0 Å². The van der Waals surface area contributed by atoms with E-state index in [9.17, 15) is 39.5 Å². The molecule has 3 aromatic carbocycles. The smallest absolute Gasteiger partial charge is 0.424 e. The zero-order valence-corrected chi connectivity index (χ0v) is 34.0. The molecular formula is C29H40N3O16P3S2. The van der Waals surface area contributed by atoms with Gasteiger partial charge in [0.15, 0.2) is 0 Å². The summed E-state index contributed by atoms with van der Waals surface area (Å²) in [5.74, 6) is 0.575. The first kappa shape index (κ1) is 47.7. The van der Waals surface area contributed by atoms with Crippen LogP contribution < -0.4 is 9.05 Å². The zero-order chi connectivity index (χ0) is 40.2. The maximum Gasteiger partial charge on any atom is 0.530 e. The molecule has 0 spiro atoms. The first-order valence-electron chi connectivity index (χ1n) is 15.2. The van der Waals surface area contributed by atoms with E-state index >= 15 is 0 Å². The average molecular weight is 844 g/mol. The lowest BCUT2D eigenvalue weighted by molar-refractivity contribution is -0.385. The van der Waals surface area contributed by atoms with Crippen molar-refractivity contribution in [3.8, 4) is 11.5 Å². The number of non-ortho nitro benzene ring substituents is 2. The van der Waals surface area contributed by atoms with Crippen molar-refractivity contribution in [2.45, 2.75) is 39.5 Å². The van der Waals surface area contributed by atoms with Crippen molar-refractivity contribution in [1.29, 1.82) is 0 Å². The molecule has 0 aliphatic carbocycles. The van der Waals surface area contributed by atoms with Crippen molar-refractivity contribution >= 4 is 61.6 Å². The van der Waals surface area contributed by atoms with Gasteiger partial charge in [-0.15, -0.1) is 0 Å². The molecule has 0 saturated carbocycles. The summed E-state index contributed by atoms with van der Waals surface area (Å²) in [6.45, 7) is 3.24. The quantitative estimate of drug-likeness (QED) is 0.0619. The number of rotatable bonds is 19. The summed E-state index contributed by atoms with van der Waals surface area (Å²) in [4.78, 5) is 30.7. The molecule has 0 aliphatic heterocycles. The van der Waals surface area contributed by atoms with E-state index in [1.165, 1.54) is 80.9 Å². The van der Waals surface area contributed by atoms with Gasteiger partial charge in [-0.3, -0.25) is 39.4 Å². The van der Waals surface area contributed by atoms with Gasteiger partial charge in [-0.25, -0.2) is 9.13 Å². The van der Waals surface area contributed by atoms with Crippen LogP contribution in [0.2, 0.25) is 0 Å². The van der Waals surface area contributed by atoms with Crippen LogP contribution in [0.25, 0.3) is 0 Å². The normalized spacial score (nSPS) is 11.3. The molecule has 3 rings (SSSR count). The molecular weight excluding hydrogens is 803 g/mol. The fraction of sp³-hybridized carbons (Fsp3) is 0.379. The predicted octanol–water partition coefficient (Wildman–Crippen LogP) is 9.82. The Morgan fingerprint density at radius 3 is 1.45 bits per heavy atom. The Morgan fingerprint density at radius 1 is 0.642 bits per heavy atom. The third-order valence-corrected chi connectivity index (χ3v) is 13.5. The number of nitro groups is 3. The number of hydrogen-bond acceptors (Lipinski definition) is 18. The highest BCUT2D eigenvalue weighted by Gasteiger charge is 2.28. The molecule has 53 heavy (non-hydrogen) atoms. The highest BCUT2D eigenvalue weighted by molar-refractivity contribution is 8.55. The number of hydrogen-bond donors (Lipinski definition) is 0. The Hall–Kier alpha value is -3.32. The molecule has 0 aliphatic rings. The van der Waals surface area contributed by atoms with Crippen LogP contribution in [0, 0.1) is 37.3 Å². The minimum absolute atomic E-state index is 0.0120. The van der Waals surface area contributed by atoms with Gasteiger partial charge in [0.05, 0.1) is 41.2 Å². The summed E-state index contributed by atoms with van der Waals surface area (Å²) >= 11 is 5.97. The summed E-state index contributed by atoms with van der Waals surface area (Å²) < 4.78 is 64.7. The molecule has 0 N–H and O–H groups in total. The van der Waals surface area contributed by atoms with E-state index in [1.807, 2.05) is 0 Å². The SMILES string of the molecule is CCOP(=O)(OCC)Oc1ccc([N+](=O)[O-])cc1.CCOP(=O)(OCC)Sc1ccc([N+](=O)[O-])cc1.COP(=S)(OC)Oc1ccc([N+](=O)[O-])c(C)c1. The Kier molecular flexibility index (Phi) is 21.1. The van der Waals surface area contributed by atoms with Crippen molar-refractivity contribution in [2.75, 3.05) is 40.6 Å². The molecule has 0 saturated heterocycles. The lowest BCUT2D eigenvalue weighted by Crippen LogP contribution is -2.02. The molecule has 0 bridgehead atoms. The van der Waals surface area contributed by atoms with Crippen LogP contribution >= 0.6 is 32.7 Å². The lowest BCUT2D eigenvalue weighted by Gasteiger charge is -2.18. The third kappa shape index (κ3) is 17.1. The molecule has 19 nitrogen and oxygen atoms in total. The summed E-state index contributed by atoms with van der Waals surface area (Å²) in [5, 5.41) is 31.6. The monoisotopic (exact) mass is 843 g/mol. The van der Waals surface area contributed by atoms with Gasteiger partial charge in [0, 0.05) is 66.8 Å². The van der Waals surface area contributed by atoms with E-state index in [1.54, 1.807) is 34.6 Å². The van der Waals surface area contributed by atoms with Gasteiger partial charge in [-0.05, 0) is 82.4 Å². The number of nitrogens with zero attached hydrogens (tertiary/aromatic N) is 3. The van der Waals surface area contributed by atoms with Crippen LogP contribution in [-0.2, 0) is 48.1 Å². The van der Waals surface area contributed by atoms with E-state index in [0.29, 0.717) is 16.2 Å². The van der Waals surface area contributed by atoms with Gasteiger partial charge in [0.1, 0.15) is 11.5 Å². The zero-order valence-electron chi connectivity index (χ0n) is 29.7. The van der Waals surface area contributed by atoms with E-state index in [0.717, 1.165) is 11.4 Å². The highest BCUT2D eigenvalue weighted by Crippen LogP contribution is 2.63. The Balaban J connectivity index is 0.000000398. The fourth-order valence-electron chi connectivity index (χ4n) is 3.50. The molecule has 0 heterocycles. The predicted molar refractivity (Wildman–Crippen MR) is 201 cm³/mol. The minimum Gasteiger partial charge on any atom is -0.424 e. The van der Waals surface area contributed by atoms with Gasteiger partial charge in [-0.1, -0.05) is 0 Å². The molecule has 0 fully saturated rings. The lowest BCUT2D eigenvalue weighted by atomic mass is 10.2. The summed E-state index contributed by atoms with van der Waals surface area (Å²) in [7, 11) is -0.867. The van der Waals surface area contributed by atoms with E-state index < -0.39 is 36.1 Å². The largest absolute Gasteiger partial charge is 0.530 e. The van der Waals surface area contributed by atoms with Crippen LogP contribution in [0.4, 0.5) is 17.1 Å². The molecule has 0 atom stereocenters. The summed E-state index contributed by atoms with van der Waals surface area (Å²) in [6, 6.07) is 15.3. The number of nitro benzene ring substituents is 3. The van der Waals surface area contributed by atoms with Gasteiger partial charge in [-0.2, -0.15) is 0 Å². The Bertz CT molecular complexity index is 1670. The van der Waals surface area contributed by atoms with Crippen LogP contribution in [0.1, 0.15) is 33.3 Å². The van der Waals surface area contributed by atoms with Crippen molar-refractivity contribution in [3.05, 3.63) is 103 Å². The third-order valence-electron chi connectivity index (χ3n) is 5.71. The average Bonchev–Trinajstić information content (AvgIpc) is 3.09. The van der Waals surface area contributed by atoms with Crippen molar-refractivity contribution in [3.63, 3.8) is 0 Å². The number of aryl methyl sites for hydroxylation is 1. The molecule has 0 amide bonds. The Morgan fingerprint density at radius 2 is 1.08 bits per heavy atom. The van der Waals surface area contributed by atoms with Crippen molar-refractivity contribution in [1.82, 2.24) is 0 Å². The van der Waals surface area contributed by atoms with E-state index in [4.69, 9.17) is 48.0 Å². The molecule has 0 unspecified atom stereocenters. The molecule has 3 aromatic rings. The molecule has 24 heteroatoms. The van der Waals surface area contributed by atoms with E-state index in [2.05, 4.69) is 0 Å². The standard InChI is InChI=1S/C10H14NO6P.C10H14NO5PS.C9H12NO5PS/c1-3-15-18(14,16-4-2)17-10-7-5-9(6-8-10)11(12)13;1-3-15-17(14,16-4-2)18-10-7-5-9(6-8-10)11(12)13;1-7-6-8(4-5-9(7)10(11)12)15-16(17,13-2)14-3/h2*5-8H,3-4H2,1-2H3;4-6H,1-3H3. The van der Waals surface area contributed by atoms with Gasteiger partial charge in [0.25, 0.3) is 17.1 Å². The minimum atomic E-state index is -3.65. The van der Waals surface area contributed by atoms with Gasteiger partial charge < -0.3 is 27.1 Å². The molecule has 294 valence electrons.